The van der Waals surface area contributed by atoms with Gasteiger partial charge in [0.1, 0.15) is 0 Å². The molecule has 0 radical (unpaired) electrons. The summed E-state index contributed by atoms with van der Waals surface area (Å²) in [5, 5.41) is 3.44. The van der Waals surface area contributed by atoms with Crippen molar-refractivity contribution < 1.29 is 4.74 Å². The van der Waals surface area contributed by atoms with Crippen molar-refractivity contribution >= 4 is 5.69 Å². The zero-order valence-corrected chi connectivity index (χ0v) is 10.3. The molecule has 3 heterocycles. The van der Waals surface area contributed by atoms with Crippen molar-refractivity contribution in [3.63, 3.8) is 0 Å². The molecule has 0 aliphatic carbocycles. The van der Waals surface area contributed by atoms with E-state index in [4.69, 9.17) is 4.74 Å². The fourth-order valence-corrected chi connectivity index (χ4v) is 2.61. The van der Waals surface area contributed by atoms with Crippen LogP contribution in [0.3, 0.4) is 0 Å². The molecule has 1 saturated heterocycles. The number of anilines is 1. The molecule has 0 amide bonds. The van der Waals surface area contributed by atoms with Crippen LogP contribution in [0.2, 0.25) is 0 Å². The van der Waals surface area contributed by atoms with Gasteiger partial charge in [0.05, 0.1) is 25.1 Å². The first kappa shape index (κ1) is 11.0. The number of pyridine rings is 1. The van der Waals surface area contributed by atoms with Crippen LogP contribution in [-0.4, -0.2) is 37.8 Å². The van der Waals surface area contributed by atoms with E-state index in [1.165, 1.54) is 16.9 Å². The van der Waals surface area contributed by atoms with E-state index in [1.54, 1.807) is 0 Å². The van der Waals surface area contributed by atoms with Gasteiger partial charge >= 0.3 is 0 Å². The SMILES string of the molecule is CC1CNCc2cc(N3CCOCC3)cnc21. The average molecular weight is 233 g/mol. The summed E-state index contributed by atoms with van der Waals surface area (Å²) in [6.07, 6.45) is 2.02. The van der Waals surface area contributed by atoms with E-state index in [2.05, 4.69) is 28.2 Å². The maximum absolute atomic E-state index is 5.38. The van der Waals surface area contributed by atoms with Crippen LogP contribution in [0.5, 0.6) is 0 Å². The smallest absolute Gasteiger partial charge is 0.0642 e. The number of aromatic nitrogens is 1. The lowest BCUT2D eigenvalue weighted by Gasteiger charge is -2.30. The molecule has 0 saturated carbocycles. The molecule has 1 aromatic rings. The Morgan fingerprint density at radius 2 is 2.24 bits per heavy atom. The molecule has 1 unspecified atom stereocenters. The number of fused-ring (bicyclic) bond motifs is 1. The van der Waals surface area contributed by atoms with Crippen LogP contribution in [0.1, 0.15) is 24.1 Å². The fraction of sp³-hybridized carbons (Fsp3) is 0.615. The lowest BCUT2D eigenvalue weighted by molar-refractivity contribution is 0.122. The van der Waals surface area contributed by atoms with E-state index >= 15 is 0 Å². The van der Waals surface area contributed by atoms with Crippen LogP contribution in [0.15, 0.2) is 12.3 Å². The predicted molar refractivity (Wildman–Crippen MR) is 67.4 cm³/mol. The second kappa shape index (κ2) is 4.63. The van der Waals surface area contributed by atoms with Gasteiger partial charge < -0.3 is 15.0 Å². The highest BCUT2D eigenvalue weighted by Gasteiger charge is 2.19. The van der Waals surface area contributed by atoms with E-state index < -0.39 is 0 Å². The lowest BCUT2D eigenvalue weighted by atomic mass is 9.97. The summed E-state index contributed by atoms with van der Waals surface area (Å²) < 4.78 is 5.38. The number of morpholine rings is 1. The van der Waals surface area contributed by atoms with Crippen LogP contribution in [0.25, 0.3) is 0 Å². The summed E-state index contributed by atoms with van der Waals surface area (Å²) in [6, 6.07) is 2.29. The Labute approximate surface area is 102 Å². The van der Waals surface area contributed by atoms with Gasteiger partial charge in [0.25, 0.3) is 0 Å². The van der Waals surface area contributed by atoms with Crippen LogP contribution >= 0.6 is 0 Å². The third-order valence-electron chi connectivity index (χ3n) is 3.60. The fourth-order valence-electron chi connectivity index (χ4n) is 2.61. The average Bonchev–Trinajstić information content (AvgIpc) is 2.40. The van der Waals surface area contributed by atoms with Gasteiger partial charge in [0.2, 0.25) is 0 Å². The molecule has 1 aromatic heterocycles. The quantitative estimate of drug-likeness (QED) is 0.789. The molecule has 4 heteroatoms. The number of rotatable bonds is 1. The van der Waals surface area contributed by atoms with Crippen molar-refractivity contribution in [2.45, 2.75) is 19.4 Å². The summed E-state index contributed by atoms with van der Waals surface area (Å²) in [5.41, 5.74) is 3.86. The Kier molecular flexibility index (Phi) is 2.99. The number of hydrogen-bond acceptors (Lipinski definition) is 4. The molecule has 17 heavy (non-hydrogen) atoms. The molecule has 1 N–H and O–H groups in total. The normalized spacial score (nSPS) is 24.5. The standard InChI is InChI=1S/C13H19N3O/c1-10-7-14-8-11-6-12(9-15-13(10)11)16-2-4-17-5-3-16/h6,9-10,14H,2-5,7-8H2,1H3. The molecule has 0 aromatic carbocycles. The van der Waals surface area contributed by atoms with E-state index in [0.717, 1.165) is 39.4 Å². The topological polar surface area (TPSA) is 37.4 Å². The molecule has 2 aliphatic rings. The van der Waals surface area contributed by atoms with Crippen molar-refractivity contribution in [2.75, 3.05) is 37.7 Å². The van der Waals surface area contributed by atoms with Crippen molar-refractivity contribution in [2.24, 2.45) is 0 Å². The number of nitrogens with zero attached hydrogens (tertiary/aromatic N) is 2. The van der Waals surface area contributed by atoms with E-state index in [0.29, 0.717) is 5.92 Å². The van der Waals surface area contributed by atoms with Crippen LogP contribution in [-0.2, 0) is 11.3 Å². The van der Waals surface area contributed by atoms with Crippen molar-refractivity contribution in [1.82, 2.24) is 10.3 Å². The zero-order chi connectivity index (χ0) is 11.7. The van der Waals surface area contributed by atoms with Gasteiger partial charge in [-0.2, -0.15) is 0 Å². The molecule has 0 bridgehead atoms. The molecule has 1 fully saturated rings. The summed E-state index contributed by atoms with van der Waals surface area (Å²) in [4.78, 5) is 7.01. The Balaban J connectivity index is 1.86. The van der Waals surface area contributed by atoms with Gasteiger partial charge in [0, 0.05) is 37.8 Å². The predicted octanol–water partition coefficient (Wildman–Crippen LogP) is 1.12. The minimum atomic E-state index is 0.525. The molecule has 4 nitrogen and oxygen atoms in total. The van der Waals surface area contributed by atoms with Crippen molar-refractivity contribution in [3.8, 4) is 0 Å². The van der Waals surface area contributed by atoms with Gasteiger partial charge in [-0.1, -0.05) is 6.92 Å². The second-order valence-electron chi connectivity index (χ2n) is 4.87. The summed E-state index contributed by atoms with van der Waals surface area (Å²) in [5.74, 6) is 0.525. The highest BCUT2D eigenvalue weighted by atomic mass is 16.5. The first-order valence-corrected chi connectivity index (χ1v) is 6.37. The minimum absolute atomic E-state index is 0.525. The minimum Gasteiger partial charge on any atom is -0.378 e. The molecular weight excluding hydrogens is 214 g/mol. The molecule has 0 spiro atoms. The van der Waals surface area contributed by atoms with Crippen molar-refractivity contribution in [3.05, 3.63) is 23.5 Å². The maximum Gasteiger partial charge on any atom is 0.0642 e. The molecule has 1 atom stereocenters. The Bertz CT molecular complexity index is 402. The molecular formula is C13H19N3O. The number of ether oxygens (including phenoxy) is 1. The van der Waals surface area contributed by atoms with E-state index in [1.807, 2.05) is 6.20 Å². The van der Waals surface area contributed by atoms with Crippen molar-refractivity contribution in [1.29, 1.82) is 0 Å². The van der Waals surface area contributed by atoms with Gasteiger partial charge in [0.15, 0.2) is 0 Å². The maximum atomic E-state index is 5.38. The van der Waals surface area contributed by atoms with Gasteiger partial charge in [-0.15, -0.1) is 0 Å². The van der Waals surface area contributed by atoms with Gasteiger partial charge in [-0.25, -0.2) is 0 Å². The van der Waals surface area contributed by atoms with E-state index in [9.17, 15) is 0 Å². The Morgan fingerprint density at radius 1 is 1.41 bits per heavy atom. The number of nitrogens with one attached hydrogen (secondary N) is 1. The summed E-state index contributed by atoms with van der Waals surface area (Å²) in [6.45, 7) is 7.82. The molecule has 92 valence electrons. The van der Waals surface area contributed by atoms with Crippen LogP contribution in [0, 0.1) is 0 Å². The second-order valence-corrected chi connectivity index (χ2v) is 4.87. The van der Waals surface area contributed by atoms with Crippen LogP contribution in [0.4, 0.5) is 5.69 Å². The van der Waals surface area contributed by atoms with Crippen LogP contribution < -0.4 is 10.2 Å². The van der Waals surface area contributed by atoms with Gasteiger partial charge in [-0.3, -0.25) is 4.98 Å². The lowest BCUT2D eigenvalue weighted by Crippen LogP contribution is -2.36. The first-order valence-electron chi connectivity index (χ1n) is 6.37. The summed E-state index contributed by atoms with van der Waals surface area (Å²) >= 11 is 0. The third-order valence-corrected chi connectivity index (χ3v) is 3.60. The highest BCUT2D eigenvalue weighted by molar-refractivity contribution is 5.49. The summed E-state index contributed by atoms with van der Waals surface area (Å²) in [7, 11) is 0. The largest absolute Gasteiger partial charge is 0.378 e. The van der Waals surface area contributed by atoms with Gasteiger partial charge in [-0.05, 0) is 11.6 Å². The first-order chi connectivity index (χ1) is 8.34. The third kappa shape index (κ3) is 2.15. The molecule has 2 aliphatic heterocycles. The molecule has 3 rings (SSSR count). The highest BCUT2D eigenvalue weighted by Crippen LogP contribution is 2.25. The Hall–Kier alpha value is -1.13. The monoisotopic (exact) mass is 233 g/mol. The van der Waals surface area contributed by atoms with E-state index in [-0.39, 0.29) is 0 Å². The zero-order valence-electron chi connectivity index (χ0n) is 10.3. The Morgan fingerprint density at radius 3 is 3.06 bits per heavy atom. The number of hydrogen-bond donors (Lipinski definition) is 1.